The van der Waals surface area contributed by atoms with E-state index in [0.717, 1.165) is 13.0 Å². The van der Waals surface area contributed by atoms with E-state index < -0.39 is 0 Å². The van der Waals surface area contributed by atoms with Crippen LogP contribution in [0, 0.1) is 5.92 Å². The molecule has 1 unspecified atom stereocenters. The van der Waals surface area contributed by atoms with E-state index in [1.807, 2.05) is 11.0 Å². The molecule has 15 heavy (non-hydrogen) atoms. The summed E-state index contributed by atoms with van der Waals surface area (Å²) in [5.74, 6) is 0.521. The Kier molecular flexibility index (Phi) is 1.58. The zero-order chi connectivity index (χ0) is 10.5. The number of nitrogens with zero attached hydrogens (tertiary/aromatic N) is 1. The van der Waals surface area contributed by atoms with E-state index in [0.29, 0.717) is 5.92 Å². The number of amides is 1. The first-order valence-corrected chi connectivity index (χ1v) is 5.28. The van der Waals surface area contributed by atoms with E-state index in [4.69, 9.17) is 0 Å². The second kappa shape index (κ2) is 2.72. The molecule has 0 saturated carbocycles. The monoisotopic (exact) mass is 199 g/mol. The highest BCUT2D eigenvalue weighted by molar-refractivity contribution is 5.95. The molecule has 2 nitrogen and oxygen atoms in total. The second-order valence-electron chi connectivity index (χ2n) is 4.31. The van der Waals surface area contributed by atoms with Gasteiger partial charge in [-0.15, -0.1) is 6.58 Å². The van der Waals surface area contributed by atoms with Gasteiger partial charge in [0.1, 0.15) is 5.54 Å². The van der Waals surface area contributed by atoms with Crippen molar-refractivity contribution >= 4 is 5.91 Å². The summed E-state index contributed by atoms with van der Waals surface area (Å²) in [6, 6.07) is 0. The Bertz CT molecular complexity index is 430. The smallest absolute Gasteiger partial charge is 0.248 e. The Morgan fingerprint density at radius 1 is 1.53 bits per heavy atom. The quantitative estimate of drug-likeness (QED) is 0.590. The summed E-state index contributed by atoms with van der Waals surface area (Å²) >= 11 is 0. The lowest BCUT2D eigenvalue weighted by Gasteiger charge is -2.35. The fourth-order valence-electron chi connectivity index (χ4n) is 2.70. The lowest BCUT2D eigenvalue weighted by Crippen LogP contribution is -2.43. The fourth-order valence-corrected chi connectivity index (χ4v) is 2.70. The maximum Gasteiger partial charge on any atom is 0.248 e. The van der Waals surface area contributed by atoms with Gasteiger partial charge in [-0.05, 0) is 17.9 Å². The summed E-state index contributed by atoms with van der Waals surface area (Å²) in [6.45, 7) is 4.54. The average molecular weight is 199 g/mol. The zero-order valence-electron chi connectivity index (χ0n) is 8.52. The van der Waals surface area contributed by atoms with Gasteiger partial charge in [-0.25, -0.2) is 0 Å². The normalized spacial score (nSPS) is 36.5. The third kappa shape index (κ3) is 0.965. The summed E-state index contributed by atoms with van der Waals surface area (Å²) in [7, 11) is 0. The summed E-state index contributed by atoms with van der Waals surface area (Å²) in [5.41, 5.74) is 1.00. The summed E-state index contributed by atoms with van der Waals surface area (Å²) < 4.78 is 0. The minimum Gasteiger partial charge on any atom is -0.319 e. The topological polar surface area (TPSA) is 20.3 Å². The summed E-state index contributed by atoms with van der Waals surface area (Å²) in [5, 5.41) is 0. The Labute approximate surface area is 89.3 Å². The Morgan fingerprint density at radius 2 is 2.40 bits per heavy atom. The molecule has 0 aromatic heterocycles. The van der Waals surface area contributed by atoms with E-state index >= 15 is 0 Å². The summed E-state index contributed by atoms with van der Waals surface area (Å²) in [6.07, 6.45) is 13.2. The fraction of sp³-hybridized carbons (Fsp3) is 0.308. The third-order valence-electron chi connectivity index (χ3n) is 3.54. The predicted octanol–water partition coefficient (Wildman–Crippen LogP) is 1.83. The molecule has 0 fully saturated rings. The van der Waals surface area contributed by atoms with Crippen molar-refractivity contribution < 1.29 is 4.79 Å². The van der Waals surface area contributed by atoms with Gasteiger partial charge >= 0.3 is 0 Å². The van der Waals surface area contributed by atoms with Gasteiger partial charge in [0.15, 0.2) is 0 Å². The van der Waals surface area contributed by atoms with Crippen LogP contribution in [0.4, 0.5) is 0 Å². The molecule has 0 N–H and O–H groups in total. The average Bonchev–Trinajstić information content (AvgIpc) is 2.75. The van der Waals surface area contributed by atoms with Crippen molar-refractivity contribution in [2.45, 2.75) is 12.0 Å². The largest absolute Gasteiger partial charge is 0.319 e. The maximum absolute atomic E-state index is 11.8. The zero-order valence-corrected chi connectivity index (χ0v) is 8.52. The van der Waals surface area contributed by atoms with Crippen LogP contribution in [0.5, 0.6) is 0 Å². The molecule has 1 amide bonds. The minimum atomic E-state index is -0.212. The van der Waals surface area contributed by atoms with Gasteiger partial charge in [0.2, 0.25) is 5.91 Å². The number of rotatable bonds is 1. The van der Waals surface area contributed by atoms with Crippen LogP contribution in [-0.4, -0.2) is 22.9 Å². The predicted molar refractivity (Wildman–Crippen MR) is 59.1 cm³/mol. The highest BCUT2D eigenvalue weighted by Crippen LogP contribution is 2.43. The van der Waals surface area contributed by atoms with E-state index in [2.05, 4.69) is 30.9 Å². The van der Waals surface area contributed by atoms with Crippen LogP contribution >= 0.6 is 0 Å². The molecule has 0 aromatic rings. The van der Waals surface area contributed by atoms with Crippen molar-refractivity contribution in [3.63, 3.8) is 0 Å². The molecule has 2 atom stereocenters. The molecule has 0 saturated heterocycles. The standard InChI is InChI=1S/C13H13NO/c1-2-10-4-6-13-5-3-7-14(13)12(15)9-11(13)8-10/h2-6,9-10H,1,7-8H2/t10-,13?/m1/s1. The van der Waals surface area contributed by atoms with Gasteiger partial charge in [0, 0.05) is 12.6 Å². The maximum atomic E-state index is 11.8. The Balaban J connectivity index is 2.10. The van der Waals surface area contributed by atoms with Gasteiger partial charge in [-0.1, -0.05) is 30.4 Å². The molecule has 3 aliphatic rings. The molecule has 1 aliphatic carbocycles. The van der Waals surface area contributed by atoms with E-state index in [1.165, 1.54) is 5.57 Å². The van der Waals surface area contributed by atoms with Crippen LogP contribution in [-0.2, 0) is 4.79 Å². The number of carbonyl (C=O) groups is 1. The van der Waals surface area contributed by atoms with Crippen LogP contribution in [0.1, 0.15) is 6.42 Å². The number of hydrogen-bond donors (Lipinski definition) is 0. The van der Waals surface area contributed by atoms with E-state index in [9.17, 15) is 4.79 Å². The molecule has 0 radical (unpaired) electrons. The minimum absolute atomic E-state index is 0.143. The van der Waals surface area contributed by atoms with Crippen molar-refractivity contribution in [3.05, 3.63) is 48.6 Å². The number of allylic oxidation sites excluding steroid dienone is 2. The number of hydrogen-bond acceptors (Lipinski definition) is 1. The van der Waals surface area contributed by atoms with Crippen LogP contribution in [0.3, 0.4) is 0 Å². The highest BCUT2D eigenvalue weighted by Gasteiger charge is 2.47. The lowest BCUT2D eigenvalue weighted by molar-refractivity contribution is -0.125. The number of carbonyl (C=O) groups excluding carboxylic acids is 1. The van der Waals surface area contributed by atoms with Gasteiger partial charge in [0.05, 0.1) is 0 Å². The SMILES string of the molecule is C=C[C@@H]1C=CC23C=CCN2C(=O)C=C3C1. The molecular formula is C13H13NO. The third-order valence-corrected chi connectivity index (χ3v) is 3.54. The molecule has 2 heteroatoms. The molecule has 2 heterocycles. The van der Waals surface area contributed by atoms with Gasteiger partial charge < -0.3 is 4.90 Å². The first kappa shape index (κ1) is 8.72. The Hall–Kier alpha value is -1.57. The van der Waals surface area contributed by atoms with Crippen molar-refractivity contribution in [1.82, 2.24) is 4.90 Å². The summed E-state index contributed by atoms with van der Waals surface area (Å²) in [4.78, 5) is 13.7. The van der Waals surface area contributed by atoms with Crippen LogP contribution in [0.2, 0.25) is 0 Å². The van der Waals surface area contributed by atoms with Crippen molar-refractivity contribution in [2.75, 3.05) is 6.54 Å². The first-order chi connectivity index (χ1) is 7.26. The van der Waals surface area contributed by atoms with E-state index in [1.54, 1.807) is 6.08 Å². The Morgan fingerprint density at radius 3 is 3.20 bits per heavy atom. The lowest BCUT2D eigenvalue weighted by atomic mass is 9.79. The van der Waals surface area contributed by atoms with Crippen molar-refractivity contribution in [2.24, 2.45) is 5.92 Å². The molecule has 2 aliphatic heterocycles. The molecule has 1 spiro atoms. The van der Waals surface area contributed by atoms with Gasteiger partial charge in [-0.2, -0.15) is 0 Å². The first-order valence-electron chi connectivity index (χ1n) is 5.28. The molecular weight excluding hydrogens is 186 g/mol. The van der Waals surface area contributed by atoms with Crippen molar-refractivity contribution in [3.8, 4) is 0 Å². The molecule has 0 bridgehead atoms. The van der Waals surface area contributed by atoms with Crippen LogP contribution in [0.25, 0.3) is 0 Å². The van der Waals surface area contributed by atoms with Gasteiger partial charge in [-0.3, -0.25) is 4.79 Å². The highest BCUT2D eigenvalue weighted by atomic mass is 16.2. The molecule has 3 rings (SSSR count). The van der Waals surface area contributed by atoms with E-state index in [-0.39, 0.29) is 11.4 Å². The van der Waals surface area contributed by atoms with Crippen molar-refractivity contribution in [1.29, 1.82) is 0 Å². The second-order valence-corrected chi connectivity index (χ2v) is 4.31. The van der Waals surface area contributed by atoms with Crippen LogP contribution < -0.4 is 0 Å². The van der Waals surface area contributed by atoms with Gasteiger partial charge in [0.25, 0.3) is 0 Å². The molecule has 0 aromatic carbocycles. The molecule has 76 valence electrons. The van der Waals surface area contributed by atoms with Crippen LogP contribution in [0.15, 0.2) is 48.6 Å².